The summed E-state index contributed by atoms with van der Waals surface area (Å²) in [6.07, 6.45) is 5.81. The number of hydrogen-bond acceptors (Lipinski definition) is 4. The Morgan fingerprint density at radius 2 is 2.20 bits per heavy atom. The molecule has 0 unspecified atom stereocenters. The number of carbonyl (C=O) groups is 2. The van der Waals surface area contributed by atoms with Crippen molar-refractivity contribution in [2.24, 2.45) is 0 Å². The number of aromatic nitrogens is 1. The summed E-state index contributed by atoms with van der Waals surface area (Å²) in [4.78, 5) is 27.6. The number of fused-ring (bicyclic) bond motifs is 2. The molecule has 0 aliphatic heterocycles. The van der Waals surface area contributed by atoms with Gasteiger partial charge in [0.15, 0.2) is 5.78 Å². The number of carbonyl (C=O) groups excluding carboxylic acids is 2. The molecule has 3 aromatic rings. The van der Waals surface area contributed by atoms with Gasteiger partial charge in [-0.25, -0.2) is 0 Å². The number of Topliss-reactive ketones (excluding diaryl/α,β-unsaturated/α-hetero) is 1. The number of aryl methyl sites for hydroxylation is 1. The number of ketones is 1. The van der Waals surface area contributed by atoms with E-state index in [0.29, 0.717) is 42.7 Å². The highest BCUT2D eigenvalue weighted by atomic mass is 16.3. The second-order valence-corrected chi connectivity index (χ2v) is 6.27. The van der Waals surface area contributed by atoms with Crippen LogP contribution in [0.15, 0.2) is 35.1 Å². The number of nitrogens with one attached hydrogen (secondary N) is 2. The first kappa shape index (κ1) is 15.5. The summed E-state index contributed by atoms with van der Waals surface area (Å²) in [6.45, 7) is 0.426. The van der Waals surface area contributed by atoms with Crippen molar-refractivity contribution in [2.75, 3.05) is 6.54 Å². The van der Waals surface area contributed by atoms with E-state index in [1.807, 2.05) is 12.3 Å². The van der Waals surface area contributed by atoms with Crippen LogP contribution in [0.25, 0.3) is 10.9 Å². The molecule has 0 saturated carbocycles. The largest absolute Gasteiger partial charge is 0.508 e. The maximum absolute atomic E-state index is 12.4. The first-order valence-corrected chi connectivity index (χ1v) is 8.34. The van der Waals surface area contributed by atoms with E-state index in [1.165, 1.54) is 6.26 Å². The molecule has 0 fully saturated rings. The summed E-state index contributed by atoms with van der Waals surface area (Å²) in [5.74, 6) is 0.518. The second kappa shape index (κ2) is 6.12. The van der Waals surface area contributed by atoms with Gasteiger partial charge >= 0.3 is 0 Å². The molecular formula is C19H18N2O4. The van der Waals surface area contributed by atoms with E-state index < -0.39 is 0 Å². The molecule has 128 valence electrons. The van der Waals surface area contributed by atoms with Crippen LogP contribution in [0.2, 0.25) is 0 Å². The zero-order chi connectivity index (χ0) is 17.4. The summed E-state index contributed by atoms with van der Waals surface area (Å²) in [5.41, 5.74) is 2.72. The molecule has 6 nitrogen and oxygen atoms in total. The highest BCUT2D eigenvalue weighted by Crippen LogP contribution is 2.26. The SMILES string of the molecule is O=C(NCCc1c[nH]c2ccc(O)cc12)c1coc2c1C(=O)CCC2. The minimum Gasteiger partial charge on any atom is -0.508 e. The molecule has 1 aromatic carbocycles. The lowest BCUT2D eigenvalue weighted by molar-refractivity contribution is 0.0928. The summed E-state index contributed by atoms with van der Waals surface area (Å²) in [5, 5.41) is 13.4. The van der Waals surface area contributed by atoms with E-state index in [0.717, 1.165) is 22.9 Å². The Labute approximate surface area is 143 Å². The minimum atomic E-state index is -0.289. The molecule has 3 N–H and O–H groups in total. The average molecular weight is 338 g/mol. The number of benzene rings is 1. The minimum absolute atomic E-state index is 0.0211. The van der Waals surface area contributed by atoms with Crippen LogP contribution in [0.5, 0.6) is 5.75 Å². The van der Waals surface area contributed by atoms with E-state index in [2.05, 4.69) is 10.3 Å². The smallest absolute Gasteiger partial charge is 0.255 e. The van der Waals surface area contributed by atoms with Gasteiger partial charge in [0.2, 0.25) is 0 Å². The fourth-order valence-electron chi connectivity index (χ4n) is 3.37. The molecular weight excluding hydrogens is 320 g/mol. The standard InChI is InChI=1S/C19H18N2O4/c22-12-4-5-15-13(8-12)11(9-21-15)6-7-20-19(24)14-10-25-17-3-1-2-16(23)18(14)17/h4-5,8-10,21-22H,1-3,6-7H2,(H,20,24). The van der Waals surface area contributed by atoms with Crippen LogP contribution in [0.3, 0.4) is 0 Å². The fourth-order valence-corrected chi connectivity index (χ4v) is 3.37. The number of rotatable bonds is 4. The fraction of sp³-hybridized carbons (Fsp3) is 0.263. The molecule has 4 rings (SSSR count). The quantitative estimate of drug-likeness (QED) is 0.681. The topological polar surface area (TPSA) is 95.3 Å². The van der Waals surface area contributed by atoms with Crippen LogP contribution in [0, 0.1) is 0 Å². The van der Waals surface area contributed by atoms with Crippen LogP contribution in [0.4, 0.5) is 0 Å². The van der Waals surface area contributed by atoms with Crippen molar-refractivity contribution in [1.29, 1.82) is 0 Å². The lowest BCUT2D eigenvalue weighted by Crippen LogP contribution is -2.27. The number of phenols is 1. The van der Waals surface area contributed by atoms with Crippen LogP contribution in [0.1, 0.15) is 44.9 Å². The van der Waals surface area contributed by atoms with E-state index in [4.69, 9.17) is 4.42 Å². The summed E-state index contributed by atoms with van der Waals surface area (Å²) in [6, 6.07) is 5.15. The molecule has 0 atom stereocenters. The number of hydrogen-bond donors (Lipinski definition) is 3. The molecule has 2 heterocycles. The lowest BCUT2D eigenvalue weighted by Gasteiger charge is -2.10. The molecule has 0 bridgehead atoms. The number of aromatic amines is 1. The molecule has 25 heavy (non-hydrogen) atoms. The number of aromatic hydroxyl groups is 1. The number of H-pyrrole nitrogens is 1. The molecule has 0 saturated heterocycles. The predicted octanol–water partition coefficient (Wildman–Crippen LogP) is 2.96. The van der Waals surface area contributed by atoms with Crippen molar-refractivity contribution in [3.05, 3.63) is 53.1 Å². The van der Waals surface area contributed by atoms with Crippen molar-refractivity contribution in [2.45, 2.75) is 25.7 Å². The monoisotopic (exact) mass is 338 g/mol. The van der Waals surface area contributed by atoms with Crippen molar-refractivity contribution >= 4 is 22.6 Å². The third-order valence-electron chi connectivity index (χ3n) is 4.63. The Kier molecular flexibility index (Phi) is 3.80. The Morgan fingerprint density at radius 1 is 1.32 bits per heavy atom. The molecule has 6 heteroatoms. The van der Waals surface area contributed by atoms with Crippen LogP contribution in [-0.2, 0) is 12.8 Å². The van der Waals surface area contributed by atoms with Gasteiger partial charge in [0.1, 0.15) is 17.8 Å². The van der Waals surface area contributed by atoms with E-state index in [1.54, 1.807) is 12.1 Å². The Balaban J connectivity index is 1.45. The highest BCUT2D eigenvalue weighted by molar-refractivity contribution is 6.09. The molecule has 1 amide bonds. The van der Waals surface area contributed by atoms with Crippen LogP contribution in [-0.4, -0.2) is 28.3 Å². The lowest BCUT2D eigenvalue weighted by atomic mass is 9.94. The summed E-state index contributed by atoms with van der Waals surface area (Å²) < 4.78 is 5.39. The van der Waals surface area contributed by atoms with E-state index in [9.17, 15) is 14.7 Å². The van der Waals surface area contributed by atoms with Crippen molar-refractivity contribution < 1.29 is 19.1 Å². The second-order valence-electron chi connectivity index (χ2n) is 6.27. The molecule has 0 radical (unpaired) electrons. The molecule has 1 aliphatic carbocycles. The first-order chi connectivity index (χ1) is 12.1. The Morgan fingerprint density at radius 3 is 3.08 bits per heavy atom. The molecule has 0 spiro atoms. The highest BCUT2D eigenvalue weighted by Gasteiger charge is 2.27. The van der Waals surface area contributed by atoms with Crippen LogP contribution >= 0.6 is 0 Å². The van der Waals surface area contributed by atoms with Crippen molar-refractivity contribution in [3.8, 4) is 5.75 Å². The zero-order valence-electron chi connectivity index (χ0n) is 13.6. The number of amides is 1. The van der Waals surface area contributed by atoms with Crippen molar-refractivity contribution in [3.63, 3.8) is 0 Å². The van der Waals surface area contributed by atoms with Crippen LogP contribution < -0.4 is 5.32 Å². The molecule has 2 aromatic heterocycles. The normalized spacial score (nSPS) is 13.8. The van der Waals surface area contributed by atoms with Gasteiger partial charge in [-0.2, -0.15) is 0 Å². The van der Waals surface area contributed by atoms with E-state index >= 15 is 0 Å². The third kappa shape index (κ3) is 2.80. The third-order valence-corrected chi connectivity index (χ3v) is 4.63. The predicted molar refractivity (Wildman–Crippen MR) is 92.0 cm³/mol. The Bertz CT molecular complexity index is 967. The number of phenolic OH excluding ortho intramolecular Hbond substituents is 1. The van der Waals surface area contributed by atoms with Gasteiger partial charge in [-0.1, -0.05) is 0 Å². The molecule has 1 aliphatic rings. The average Bonchev–Trinajstić information content (AvgIpc) is 3.20. The maximum Gasteiger partial charge on any atom is 0.255 e. The van der Waals surface area contributed by atoms with Gasteiger partial charge in [0.05, 0.1) is 11.1 Å². The summed E-state index contributed by atoms with van der Waals surface area (Å²) >= 11 is 0. The Hall–Kier alpha value is -3.02. The zero-order valence-corrected chi connectivity index (χ0v) is 13.6. The van der Waals surface area contributed by atoms with Gasteiger partial charge in [-0.05, 0) is 36.6 Å². The van der Waals surface area contributed by atoms with Gasteiger partial charge in [-0.3, -0.25) is 9.59 Å². The summed E-state index contributed by atoms with van der Waals surface area (Å²) in [7, 11) is 0. The first-order valence-electron chi connectivity index (χ1n) is 8.34. The van der Waals surface area contributed by atoms with Gasteiger partial charge in [-0.15, -0.1) is 0 Å². The van der Waals surface area contributed by atoms with Crippen molar-refractivity contribution in [1.82, 2.24) is 10.3 Å². The maximum atomic E-state index is 12.4. The van der Waals surface area contributed by atoms with Gasteiger partial charge in [0.25, 0.3) is 5.91 Å². The number of furan rings is 1. The van der Waals surface area contributed by atoms with Gasteiger partial charge in [0, 0.05) is 36.5 Å². The van der Waals surface area contributed by atoms with E-state index in [-0.39, 0.29) is 17.4 Å². The van der Waals surface area contributed by atoms with Gasteiger partial charge < -0.3 is 19.8 Å².